The molecule has 254 valence electrons. The molecule has 47 heavy (non-hydrogen) atoms. The predicted molar refractivity (Wildman–Crippen MR) is 187 cm³/mol. The van der Waals surface area contributed by atoms with Gasteiger partial charge in [-0.1, -0.05) is 98.7 Å². The number of ether oxygens (including phenoxy) is 3. The molecule has 2 atom stereocenters. The van der Waals surface area contributed by atoms with E-state index >= 15 is 0 Å². The number of carbonyl (C=O) groups is 3. The lowest BCUT2D eigenvalue weighted by molar-refractivity contribution is 0.0216. The van der Waals surface area contributed by atoms with E-state index < -0.39 is 17.9 Å². The molecule has 7 heteroatoms. The third kappa shape index (κ3) is 11.1. The topological polar surface area (TPSA) is 90.9 Å². The summed E-state index contributed by atoms with van der Waals surface area (Å²) in [5.41, 5.74) is 4.65. The number of likely N-dealkylation sites (N-methyl/N-ethyl adjacent to an activating group) is 1. The molecule has 0 bridgehead atoms. The molecule has 3 aromatic rings. The summed E-state index contributed by atoms with van der Waals surface area (Å²) in [5.74, 6) is -1.63. The molecule has 0 aliphatic heterocycles. The average molecular weight is 644 g/mol. The van der Waals surface area contributed by atoms with Gasteiger partial charge in [0.1, 0.15) is 6.61 Å². The average Bonchev–Trinajstić information content (AvgIpc) is 3.02. The molecule has 7 nitrogen and oxygen atoms in total. The van der Waals surface area contributed by atoms with Crippen molar-refractivity contribution in [3.63, 3.8) is 0 Å². The Bertz CT molecular complexity index is 1470. The van der Waals surface area contributed by atoms with Crippen molar-refractivity contribution in [3.8, 4) is 0 Å². The van der Waals surface area contributed by atoms with E-state index in [9.17, 15) is 14.4 Å². The summed E-state index contributed by atoms with van der Waals surface area (Å²) in [5, 5.41) is 3.21. The van der Waals surface area contributed by atoms with Crippen LogP contribution in [0.25, 0.3) is 0 Å². The first-order valence-corrected chi connectivity index (χ1v) is 16.4. The van der Waals surface area contributed by atoms with Gasteiger partial charge < -0.3 is 19.5 Å². The molecule has 0 amide bonds. The van der Waals surface area contributed by atoms with Crippen molar-refractivity contribution in [1.82, 2.24) is 5.32 Å². The number of hydrogen-bond acceptors (Lipinski definition) is 7. The van der Waals surface area contributed by atoms with Gasteiger partial charge in [0.15, 0.2) is 0 Å². The second kappa shape index (κ2) is 15.7. The second-order valence-corrected chi connectivity index (χ2v) is 15.3. The van der Waals surface area contributed by atoms with Gasteiger partial charge in [0.2, 0.25) is 0 Å². The van der Waals surface area contributed by atoms with E-state index in [-0.39, 0.29) is 48.0 Å². The Labute approximate surface area is 281 Å². The summed E-state index contributed by atoms with van der Waals surface area (Å²) in [7, 11) is 1.76. The fourth-order valence-corrected chi connectivity index (χ4v) is 5.08. The highest BCUT2D eigenvalue weighted by Gasteiger charge is 2.26. The molecule has 3 aromatic carbocycles. The standard InChI is InChI=1S/C40H53NO6/c1-38(2,3)31-17-11-27(12-18-31)35(42)45-24-23-30(25-46-36(43)28-13-19-32(20-14-28)39(4,5)6)34(41-10)26-47-37(44)29-15-21-33(22-16-29)40(7,8)9/h11-22,30,34,41H,23-26H2,1-10H3. The van der Waals surface area contributed by atoms with Crippen molar-refractivity contribution in [1.29, 1.82) is 0 Å². The van der Waals surface area contributed by atoms with Gasteiger partial charge in [-0.2, -0.15) is 0 Å². The first-order valence-electron chi connectivity index (χ1n) is 16.4. The lowest BCUT2D eigenvalue weighted by atomic mass is 9.87. The molecule has 0 fully saturated rings. The Balaban J connectivity index is 1.69. The minimum Gasteiger partial charge on any atom is -0.462 e. The molecule has 0 aromatic heterocycles. The van der Waals surface area contributed by atoms with E-state index in [1.54, 1.807) is 43.4 Å². The largest absolute Gasteiger partial charge is 0.462 e. The van der Waals surface area contributed by atoms with Gasteiger partial charge in [-0.25, -0.2) is 14.4 Å². The molecule has 0 saturated carbocycles. The Kier molecular flexibility index (Phi) is 12.6. The fraction of sp³-hybridized carbons (Fsp3) is 0.475. The van der Waals surface area contributed by atoms with E-state index in [2.05, 4.69) is 67.6 Å². The van der Waals surface area contributed by atoms with Crippen LogP contribution in [0.4, 0.5) is 0 Å². The van der Waals surface area contributed by atoms with Gasteiger partial charge in [0.25, 0.3) is 0 Å². The second-order valence-electron chi connectivity index (χ2n) is 15.3. The van der Waals surface area contributed by atoms with Gasteiger partial charge in [0.05, 0.1) is 29.9 Å². The number of esters is 3. The Morgan fingerprint density at radius 1 is 0.532 bits per heavy atom. The third-order valence-electron chi connectivity index (χ3n) is 8.44. The van der Waals surface area contributed by atoms with Gasteiger partial charge >= 0.3 is 17.9 Å². The number of rotatable bonds is 12. The molecule has 0 heterocycles. The van der Waals surface area contributed by atoms with Gasteiger partial charge in [-0.15, -0.1) is 0 Å². The third-order valence-corrected chi connectivity index (χ3v) is 8.44. The molecular formula is C40H53NO6. The van der Waals surface area contributed by atoms with Crippen molar-refractivity contribution < 1.29 is 28.6 Å². The van der Waals surface area contributed by atoms with Crippen molar-refractivity contribution >= 4 is 17.9 Å². The highest BCUT2D eigenvalue weighted by molar-refractivity contribution is 5.90. The van der Waals surface area contributed by atoms with Crippen LogP contribution in [-0.4, -0.2) is 50.8 Å². The lowest BCUT2D eigenvalue weighted by Gasteiger charge is -2.26. The van der Waals surface area contributed by atoms with Gasteiger partial charge in [-0.05, 0) is 82.8 Å². The molecule has 3 rings (SSSR count). The summed E-state index contributed by atoms with van der Waals surface area (Å²) in [6, 6.07) is 21.9. The highest BCUT2D eigenvalue weighted by Crippen LogP contribution is 2.25. The first-order chi connectivity index (χ1) is 21.9. The van der Waals surface area contributed by atoms with Gasteiger partial charge in [0, 0.05) is 12.0 Å². The summed E-state index contributed by atoms with van der Waals surface area (Å²) < 4.78 is 17.1. The molecule has 0 aliphatic rings. The maximum Gasteiger partial charge on any atom is 0.338 e. The zero-order chi connectivity index (χ0) is 35.0. The van der Waals surface area contributed by atoms with Crippen LogP contribution in [0.2, 0.25) is 0 Å². The van der Waals surface area contributed by atoms with E-state index in [1.165, 1.54) is 0 Å². The summed E-state index contributed by atoms with van der Waals surface area (Å²) in [4.78, 5) is 38.8. The number of hydrogen-bond donors (Lipinski definition) is 1. The van der Waals surface area contributed by atoms with Crippen LogP contribution >= 0.6 is 0 Å². The van der Waals surface area contributed by atoms with Crippen molar-refractivity contribution in [2.45, 2.75) is 91.0 Å². The summed E-state index contributed by atoms with van der Waals surface area (Å²) >= 11 is 0. The van der Waals surface area contributed by atoms with Crippen LogP contribution in [0.5, 0.6) is 0 Å². The molecule has 0 spiro atoms. The number of carbonyl (C=O) groups excluding carboxylic acids is 3. The van der Waals surface area contributed by atoms with Crippen molar-refractivity contribution in [2.75, 3.05) is 26.9 Å². The predicted octanol–water partition coefficient (Wildman–Crippen LogP) is 8.04. The summed E-state index contributed by atoms with van der Waals surface area (Å²) in [6.45, 7) is 19.2. The van der Waals surface area contributed by atoms with Crippen LogP contribution in [0.1, 0.15) is 116 Å². The van der Waals surface area contributed by atoms with Crippen LogP contribution in [0.3, 0.4) is 0 Å². The maximum atomic E-state index is 13.0. The van der Waals surface area contributed by atoms with Crippen LogP contribution < -0.4 is 5.32 Å². The molecule has 0 saturated heterocycles. The number of nitrogens with one attached hydrogen (secondary N) is 1. The monoisotopic (exact) mass is 643 g/mol. The molecule has 0 radical (unpaired) electrons. The zero-order valence-electron chi connectivity index (χ0n) is 29.9. The minimum atomic E-state index is -0.447. The van der Waals surface area contributed by atoms with Crippen LogP contribution in [0, 0.1) is 5.92 Å². The zero-order valence-corrected chi connectivity index (χ0v) is 29.9. The SMILES string of the molecule is CNC(COC(=O)c1ccc(C(C)(C)C)cc1)C(CCOC(=O)c1ccc(C(C)(C)C)cc1)COC(=O)c1ccc(C(C)(C)C)cc1. The highest BCUT2D eigenvalue weighted by atomic mass is 16.5. The van der Waals surface area contributed by atoms with E-state index in [4.69, 9.17) is 14.2 Å². The quantitative estimate of drug-likeness (QED) is 0.158. The van der Waals surface area contributed by atoms with Crippen molar-refractivity contribution in [2.24, 2.45) is 5.92 Å². The van der Waals surface area contributed by atoms with E-state index in [0.29, 0.717) is 23.1 Å². The molecule has 2 unspecified atom stereocenters. The van der Waals surface area contributed by atoms with Crippen LogP contribution in [-0.2, 0) is 30.5 Å². The maximum absolute atomic E-state index is 13.0. The lowest BCUT2D eigenvalue weighted by Crippen LogP contribution is -2.41. The minimum absolute atomic E-state index is 0.0246. The molecule has 1 N–H and O–H groups in total. The van der Waals surface area contributed by atoms with Gasteiger partial charge in [-0.3, -0.25) is 0 Å². The molecular weight excluding hydrogens is 590 g/mol. The Hall–Kier alpha value is -3.97. The van der Waals surface area contributed by atoms with E-state index in [1.807, 2.05) is 36.4 Å². The Morgan fingerprint density at radius 3 is 1.17 bits per heavy atom. The molecule has 0 aliphatic carbocycles. The number of benzene rings is 3. The Morgan fingerprint density at radius 2 is 0.851 bits per heavy atom. The van der Waals surface area contributed by atoms with E-state index in [0.717, 1.165) is 16.7 Å². The van der Waals surface area contributed by atoms with Crippen LogP contribution in [0.15, 0.2) is 72.8 Å². The summed E-state index contributed by atoms with van der Waals surface area (Å²) in [6.07, 6.45) is 0.380. The fourth-order valence-electron chi connectivity index (χ4n) is 5.08. The van der Waals surface area contributed by atoms with Crippen molar-refractivity contribution in [3.05, 3.63) is 106 Å². The smallest absolute Gasteiger partial charge is 0.338 e. The normalized spacial score (nSPS) is 13.4. The first kappa shape index (κ1) is 37.5.